The van der Waals surface area contributed by atoms with Crippen LogP contribution in [-0.2, 0) is 14.3 Å². The Labute approximate surface area is 180 Å². The predicted octanol–water partition coefficient (Wildman–Crippen LogP) is 3.63. The van der Waals surface area contributed by atoms with E-state index in [1.165, 1.54) is 11.9 Å². The average molecular weight is 433 g/mol. The molecule has 2 aromatic rings. The summed E-state index contributed by atoms with van der Waals surface area (Å²) < 4.78 is 10.7. The van der Waals surface area contributed by atoms with Gasteiger partial charge in [0.1, 0.15) is 5.75 Å². The maximum absolute atomic E-state index is 12.2. The van der Waals surface area contributed by atoms with Gasteiger partial charge in [0.15, 0.2) is 6.61 Å². The lowest BCUT2D eigenvalue weighted by molar-refractivity contribution is -0.136. The van der Waals surface area contributed by atoms with Crippen molar-refractivity contribution in [2.45, 2.75) is 13.8 Å². The van der Waals surface area contributed by atoms with Crippen LogP contribution in [0.3, 0.4) is 0 Å². The van der Waals surface area contributed by atoms with Crippen molar-refractivity contribution in [3.8, 4) is 5.75 Å². The summed E-state index contributed by atoms with van der Waals surface area (Å²) in [6, 6.07) is 13.4. The Morgan fingerprint density at radius 1 is 1.10 bits per heavy atom. The number of nitrogens with one attached hydrogen (secondary N) is 1. The number of ether oxygens (including phenoxy) is 2. The molecule has 0 saturated carbocycles. The normalized spacial score (nSPS) is 10.4. The van der Waals surface area contributed by atoms with Gasteiger partial charge in [0, 0.05) is 7.05 Å². The van der Waals surface area contributed by atoms with Crippen LogP contribution in [0.25, 0.3) is 0 Å². The van der Waals surface area contributed by atoms with Gasteiger partial charge in [-0.3, -0.25) is 9.59 Å². The summed E-state index contributed by atoms with van der Waals surface area (Å²) in [7, 11) is 1.45. The second-order valence-corrected chi connectivity index (χ2v) is 7.49. The summed E-state index contributed by atoms with van der Waals surface area (Å²) in [5.74, 6) is -0.667. The molecular formula is C22H25ClN2O5. The molecule has 0 atom stereocenters. The Hall–Kier alpha value is -3.06. The van der Waals surface area contributed by atoms with Crippen molar-refractivity contribution < 1.29 is 23.9 Å². The smallest absolute Gasteiger partial charge is 0.338 e. The van der Waals surface area contributed by atoms with Gasteiger partial charge >= 0.3 is 5.97 Å². The second kappa shape index (κ2) is 11.2. The number of anilines is 1. The quantitative estimate of drug-likeness (QED) is 0.611. The molecule has 0 unspecified atom stereocenters. The number of rotatable bonds is 9. The zero-order chi connectivity index (χ0) is 22.1. The van der Waals surface area contributed by atoms with Crippen molar-refractivity contribution in [1.82, 2.24) is 4.90 Å². The molecule has 0 heterocycles. The largest absolute Gasteiger partial charge is 0.493 e. The van der Waals surface area contributed by atoms with E-state index in [2.05, 4.69) is 5.32 Å². The molecule has 0 bridgehead atoms. The first-order chi connectivity index (χ1) is 14.3. The van der Waals surface area contributed by atoms with Crippen molar-refractivity contribution in [3.05, 3.63) is 59.1 Å². The molecule has 1 N–H and O–H groups in total. The fourth-order valence-electron chi connectivity index (χ4n) is 2.35. The van der Waals surface area contributed by atoms with Crippen molar-refractivity contribution in [2.75, 3.05) is 32.1 Å². The molecule has 30 heavy (non-hydrogen) atoms. The minimum Gasteiger partial charge on any atom is -0.493 e. The molecule has 0 fully saturated rings. The standard InChI is InChI=1S/C22H25ClN2O5/c1-15(2)13-29-17-8-6-7-16(11-17)22(28)30-14-21(27)25(3)12-20(26)24-19-10-5-4-9-18(19)23/h4-11,15H,12-14H2,1-3H3,(H,24,26). The maximum atomic E-state index is 12.2. The summed E-state index contributed by atoms with van der Waals surface area (Å²) in [4.78, 5) is 37.7. The van der Waals surface area contributed by atoms with Gasteiger partial charge < -0.3 is 19.7 Å². The summed E-state index contributed by atoms with van der Waals surface area (Å²) >= 11 is 5.99. The van der Waals surface area contributed by atoms with E-state index in [4.69, 9.17) is 21.1 Å². The molecule has 8 heteroatoms. The van der Waals surface area contributed by atoms with Crippen LogP contribution in [0.2, 0.25) is 5.02 Å². The summed E-state index contributed by atoms with van der Waals surface area (Å²) in [6.07, 6.45) is 0. The van der Waals surface area contributed by atoms with Crippen molar-refractivity contribution in [1.29, 1.82) is 0 Å². The van der Waals surface area contributed by atoms with Crippen molar-refractivity contribution in [3.63, 3.8) is 0 Å². The number of halogens is 1. The third-order valence-electron chi connectivity index (χ3n) is 3.93. The van der Waals surface area contributed by atoms with E-state index in [1.807, 2.05) is 13.8 Å². The maximum Gasteiger partial charge on any atom is 0.338 e. The molecule has 2 aromatic carbocycles. The fraction of sp³-hybridized carbons (Fsp3) is 0.318. The molecule has 7 nitrogen and oxygen atoms in total. The molecule has 2 amide bonds. The molecule has 0 aliphatic carbocycles. The van der Waals surface area contributed by atoms with E-state index in [0.29, 0.717) is 29.0 Å². The van der Waals surface area contributed by atoms with E-state index in [-0.39, 0.29) is 12.1 Å². The number of benzene rings is 2. The Morgan fingerprint density at radius 2 is 1.83 bits per heavy atom. The highest BCUT2D eigenvalue weighted by Crippen LogP contribution is 2.20. The van der Waals surface area contributed by atoms with Crippen LogP contribution in [0.15, 0.2) is 48.5 Å². The molecule has 0 aliphatic rings. The van der Waals surface area contributed by atoms with E-state index >= 15 is 0 Å². The molecule has 0 aromatic heterocycles. The minimum atomic E-state index is -0.646. The van der Waals surface area contributed by atoms with Crippen molar-refractivity contribution >= 4 is 35.1 Å². The van der Waals surface area contributed by atoms with Gasteiger partial charge in [0.2, 0.25) is 5.91 Å². The molecule has 160 valence electrons. The minimum absolute atomic E-state index is 0.208. The van der Waals surface area contributed by atoms with Crippen LogP contribution < -0.4 is 10.1 Å². The number of carbonyl (C=O) groups excluding carboxylic acids is 3. The number of carbonyl (C=O) groups is 3. The van der Waals surface area contributed by atoms with Crippen LogP contribution in [0, 0.1) is 5.92 Å². The highest BCUT2D eigenvalue weighted by Gasteiger charge is 2.17. The van der Waals surface area contributed by atoms with E-state index in [9.17, 15) is 14.4 Å². The SMILES string of the molecule is CC(C)COc1cccc(C(=O)OCC(=O)N(C)CC(=O)Nc2ccccc2Cl)c1. The second-order valence-electron chi connectivity index (χ2n) is 7.09. The van der Waals surface area contributed by atoms with Gasteiger partial charge in [-0.05, 0) is 36.2 Å². The zero-order valence-corrected chi connectivity index (χ0v) is 17.9. The number of hydrogen-bond acceptors (Lipinski definition) is 5. The first kappa shape index (κ1) is 23.2. The van der Waals surface area contributed by atoms with Gasteiger partial charge in [0.25, 0.3) is 5.91 Å². The summed E-state index contributed by atoms with van der Waals surface area (Å²) in [6.45, 7) is 3.88. The van der Waals surface area contributed by atoms with Crippen LogP contribution >= 0.6 is 11.6 Å². The number of likely N-dealkylation sites (N-methyl/N-ethyl adjacent to an activating group) is 1. The van der Waals surface area contributed by atoms with E-state index in [1.54, 1.807) is 48.5 Å². The fourth-order valence-corrected chi connectivity index (χ4v) is 2.54. The van der Waals surface area contributed by atoms with Gasteiger partial charge in [-0.15, -0.1) is 0 Å². The van der Waals surface area contributed by atoms with Gasteiger partial charge in [-0.2, -0.15) is 0 Å². The summed E-state index contributed by atoms with van der Waals surface area (Å²) in [5.41, 5.74) is 0.735. The molecular weight excluding hydrogens is 408 g/mol. The Bertz CT molecular complexity index is 901. The highest BCUT2D eigenvalue weighted by molar-refractivity contribution is 6.33. The van der Waals surface area contributed by atoms with Gasteiger partial charge in [-0.1, -0.05) is 43.6 Å². The third kappa shape index (κ3) is 7.40. The first-order valence-corrected chi connectivity index (χ1v) is 9.82. The Morgan fingerprint density at radius 3 is 2.53 bits per heavy atom. The molecule has 2 rings (SSSR count). The topological polar surface area (TPSA) is 84.9 Å². The van der Waals surface area contributed by atoms with Gasteiger partial charge in [-0.25, -0.2) is 4.79 Å². The highest BCUT2D eigenvalue weighted by atomic mass is 35.5. The van der Waals surface area contributed by atoms with Gasteiger partial charge in [0.05, 0.1) is 29.4 Å². The van der Waals surface area contributed by atoms with Crippen LogP contribution in [0.4, 0.5) is 5.69 Å². The number of amides is 2. The molecule has 0 aliphatic heterocycles. The predicted molar refractivity (Wildman–Crippen MR) is 115 cm³/mol. The summed E-state index contributed by atoms with van der Waals surface area (Å²) in [5, 5.41) is 3.02. The first-order valence-electron chi connectivity index (χ1n) is 9.44. The lowest BCUT2D eigenvalue weighted by atomic mass is 10.2. The third-order valence-corrected chi connectivity index (χ3v) is 4.26. The Balaban J connectivity index is 1.83. The van der Waals surface area contributed by atoms with Crippen molar-refractivity contribution in [2.24, 2.45) is 5.92 Å². The van der Waals surface area contributed by atoms with E-state index in [0.717, 1.165) is 0 Å². The van der Waals surface area contributed by atoms with Crippen LogP contribution in [0.5, 0.6) is 5.75 Å². The monoisotopic (exact) mass is 432 g/mol. The van der Waals surface area contributed by atoms with Crippen LogP contribution in [-0.4, -0.2) is 49.5 Å². The Kier molecular flexibility index (Phi) is 8.68. The molecule has 0 spiro atoms. The molecule has 0 radical (unpaired) electrons. The number of nitrogens with zero attached hydrogens (tertiary/aromatic N) is 1. The lowest BCUT2D eigenvalue weighted by Gasteiger charge is -2.17. The average Bonchev–Trinajstić information content (AvgIpc) is 2.72. The zero-order valence-electron chi connectivity index (χ0n) is 17.2. The van der Waals surface area contributed by atoms with E-state index < -0.39 is 24.4 Å². The number of para-hydroxylation sites is 1. The number of hydrogen-bond donors (Lipinski definition) is 1. The molecule has 0 saturated heterocycles. The number of esters is 1. The lowest BCUT2D eigenvalue weighted by Crippen LogP contribution is -2.37. The van der Waals surface area contributed by atoms with Crippen LogP contribution in [0.1, 0.15) is 24.2 Å².